The Balaban J connectivity index is 1.77. The summed E-state index contributed by atoms with van der Waals surface area (Å²) in [5, 5.41) is 8.23. The van der Waals surface area contributed by atoms with Gasteiger partial charge in [-0.1, -0.05) is 58.0 Å². The molecule has 0 aliphatic carbocycles. The average molecular weight is 567 g/mol. The Bertz CT molecular complexity index is 1210. The summed E-state index contributed by atoms with van der Waals surface area (Å²) in [5.74, 6) is -0.366. The maximum Gasteiger partial charge on any atom is 0.255 e. The first-order valence-electron chi connectivity index (χ1n) is 14.1. The van der Waals surface area contributed by atoms with E-state index in [9.17, 15) is 19.2 Å². The molecule has 0 radical (unpaired) electrons. The van der Waals surface area contributed by atoms with Gasteiger partial charge in [0.1, 0.15) is 36.8 Å². The van der Waals surface area contributed by atoms with Crippen molar-refractivity contribution in [1.82, 2.24) is 20.9 Å². The molecular weight excluding hydrogens is 524 g/mol. The zero-order chi connectivity index (χ0) is 29.9. The molecule has 3 rings (SSSR count). The number of ether oxygens (including phenoxy) is 2. The van der Waals surface area contributed by atoms with Gasteiger partial charge in [0.25, 0.3) is 5.91 Å². The number of carbonyl (C=O) groups is 4. The van der Waals surface area contributed by atoms with E-state index in [1.54, 1.807) is 31.3 Å². The molecule has 10 nitrogen and oxygen atoms in total. The minimum Gasteiger partial charge on any atom is -0.491 e. The number of amides is 4. The molecule has 0 bridgehead atoms. The Kier molecular flexibility index (Phi) is 11.6. The summed E-state index contributed by atoms with van der Waals surface area (Å²) in [6.45, 7) is 8.87. The summed E-state index contributed by atoms with van der Waals surface area (Å²) >= 11 is 0. The average Bonchev–Trinajstić information content (AvgIpc) is 2.93. The van der Waals surface area contributed by atoms with Crippen molar-refractivity contribution in [2.75, 3.05) is 33.4 Å². The maximum atomic E-state index is 13.2. The van der Waals surface area contributed by atoms with Gasteiger partial charge < -0.3 is 30.3 Å². The predicted octanol–water partition coefficient (Wildman–Crippen LogP) is 2.88. The molecular formula is C31H42N4O6. The van der Waals surface area contributed by atoms with E-state index < -0.39 is 29.8 Å². The summed E-state index contributed by atoms with van der Waals surface area (Å²) in [5.41, 5.74) is 1.29. The third kappa shape index (κ3) is 9.23. The number of nitrogens with zero attached hydrogens (tertiary/aromatic N) is 1. The topological polar surface area (TPSA) is 126 Å². The van der Waals surface area contributed by atoms with Crippen LogP contribution in [0.3, 0.4) is 0 Å². The van der Waals surface area contributed by atoms with Crippen LogP contribution in [0.15, 0.2) is 48.5 Å². The van der Waals surface area contributed by atoms with E-state index in [-0.39, 0.29) is 56.0 Å². The van der Waals surface area contributed by atoms with Crippen LogP contribution in [0.5, 0.6) is 11.5 Å². The van der Waals surface area contributed by atoms with Crippen LogP contribution in [0.4, 0.5) is 0 Å². The largest absolute Gasteiger partial charge is 0.491 e. The summed E-state index contributed by atoms with van der Waals surface area (Å²) in [6, 6.07) is 12.4. The fraction of sp³-hybridized carbons (Fsp3) is 0.484. The lowest BCUT2D eigenvalue weighted by Crippen LogP contribution is -2.53. The second kappa shape index (κ2) is 15.1. The molecule has 1 aliphatic rings. The first-order chi connectivity index (χ1) is 19.6. The molecule has 2 aromatic carbocycles. The second-order valence-corrected chi connectivity index (χ2v) is 10.9. The van der Waals surface area contributed by atoms with Crippen molar-refractivity contribution in [2.24, 2.45) is 5.92 Å². The second-order valence-electron chi connectivity index (χ2n) is 10.9. The van der Waals surface area contributed by atoms with Crippen molar-refractivity contribution in [1.29, 1.82) is 0 Å². The molecule has 0 spiro atoms. The van der Waals surface area contributed by atoms with Gasteiger partial charge in [-0.25, -0.2) is 0 Å². The molecule has 4 amide bonds. The number of para-hydroxylation sites is 2. The van der Waals surface area contributed by atoms with Crippen LogP contribution in [0.25, 0.3) is 0 Å². The van der Waals surface area contributed by atoms with E-state index in [2.05, 4.69) is 29.8 Å². The van der Waals surface area contributed by atoms with Crippen LogP contribution in [-0.4, -0.2) is 74.0 Å². The van der Waals surface area contributed by atoms with Gasteiger partial charge in [0.15, 0.2) is 0 Å². The van der Waals surface area contributed by atoms with E-state index in [0.29, 0.717) is 12.2 Å². The van der Waals surface area contributed by atoms with Crippen molar-refractivity contribution in [3.63, 3.8) is 0 Å². The summed E-state index contributed by atoms with van der Waals surface area (Å²) in [6.07, 6.45) is 0.0836. The standard InChI is InChI=1S/C31H42N4O6/c1-20(2)18-25-31(39)35(5)15-17-41-27-13-9-7-11-23(27)29(37)34-24(19-28(36)33-25)30(38)32-14-16-40-26-12-8-6-10-22(26)21(3)4/h6-13,20-21,24-25H,14-19H2,1-5H3,(H,32,38)(H,33,36)(H,34,37)/t24-,25+/m0/s1. The predicted molar refractivity (Wildman–Crippen MR) is 156 cm³/mol. The maximum absolute atomic E-state index is 13.2. The van der Waals surface area contributed by atoms with E-state index >= 15 is 0 Å². The molecule has 0 saturated carbocycles. The van der Waals surface area contributed by atoms with E-state index in [4.69, 9.17) is 9.47 Å². The molecule has 1 heterocycles. The fourth-order valence-electron chi connectivity index (χ4n) is 4.57. The van der Waals surface area contributed by atoms with E-state index in [1.807, 2.05) is 38.1 Å². The van der Waals surface area contributed by atoms with Crippen LogP contribution in [-0.2, 0) is 14.4 Å². The smallest absolute Gasteiger partial charge is 0.255 e. The van der Waals surface area contributed by atoms with E-state index in [0.717, 1.165) is 11.3 Å². The Labute approximate surface area is 242 Å². The number of fused-ring (bicyclic) bond motifs is 1. The SMILES string of the molecule is CC(C)C[C@H]1NC(=O)C[C@@H](C(=O)NCCOc2ccccc2C(C)C)NC(=O)c2ccccc2OCCN(C)C1=O. The molecule has 0 saturated heterocycles. The minimum atomic E-state index is -1.19. The van der Waals surface area contributed by atoms with Crippen LogP contribution in [0, 0.1) is 5.92 Å². The highest BCUT2D eigenvalue weighted by Crippen LogP contribution is 2.25. The van der Waals surface area contributed by atoms with Crippen molar-refractivity contribution in [3.8, 4) is 11.5 Å². The number of hydrogen-bond donors (Lipinski definition) is 3. The van der Waals surface area contributed by atoms with Gasteiger partial charge >= 0.3 is 0 Å². The lowest BCUT2D eigenvalue weighted by atomic mass is 10.0. The Morgan fingerprint density at radius 2 is 1.76 bits per heavy atom. The first-order valence-corrected chi connectivity index (χ1v) is 14.1. The number of hydrogen-bond acceptors (Lipinski definition) is 6. The lowest BCUT2D eigenvalue weighted by Gasteiger charge is -2.27. The first kappa shape index (κ1) is 31.4. The van der Waals surface area contributed by atoms with Crippen molar-refractivity contribution in [3.05, 3.63) is 59.7 Å². The van der Waals surface area contributed by atoms with Gasteiger partial charge in [-0.2, -0.15) is 0 Å². The van der Waals surface area contributed by atoms with Gasteiger partial charge in [-0.3, -0.25) is 19.2 Å². The number of carbonyl (C=O) groups excluding carboxylic acids is 4. The third-order valence-corrected chi connectivity index (χ3v) is 6.74. The highest BCUT2D eigenvalue weighted by molar-refractivity contribution is 6.01. The molecule has 10 heteroatoms. The summed E-state index contributed by atoms with van der Waals surface area (Å²) < 4.78 is 11.7. The molecule has 1 aliphatic heterocycles. The zero-order valence-corrected chi connectivity index (χ0v) is 24.6. The van der Waals surface area contributed by atoms with Gasteiger partial charge in [0, 0.05) is 7.05 Å². The molecule has 0 unspecified atom stereocenters. The number of benzene rings is 2. The fourth-order valence-corrected chi connectivity index (χ4v) is 4.57. The number of rotatable bonds is 8. The normalized spacial score (nSPS) is 18.6. The molecule has 0 aromatic heterocycles. The molecule has 3 N–H and O–H groups in total. The monoisotopic (exact) mass is 566 g/mol. The zero-order valence-electron chi connectivity index (χ0n) is 24.6. The highest BCUT2D eigenvalue weighted by atomic mass is 16.5. The van der Waals surface area contributed by atoms with Crippen LogP contribution in [0.1, 0.15) is 62.4 Å². The minimum absolute atomic E-state index is 0.138. The third-order valence-electron chi connectivity index (χ3n) is 6.74. The van der Waals surface area contributed by atoms with Crippen LogP contribution in [0.2, 0.25) is 0 Å². The Morgan fingerprint density at radius 3 is 2.49 bits per heavy atom. The Hall–Kier alpha value is -4.08. The van der Waals surface area contributed by atoms with Crippen molar-refractivity contribution in [2.45, 2.75) is 58.5 Å². The lowest BCUT2D eigenvalue weighted by molar-refractivity contribution is -0.136. The van der Waals surface area contributed by atoms with Crippen LogP contribution >= 0.6 is 0 Å². The summed E-state index contributed by atoms with van der Waals surface area (Å²) in [4.78, 5) is 54.3. The van der Waals surface area contributed by atoms with Crippen LogP contribution < -0.4 is 25.4 Å². The van der Waals surface area contributed by atoms with Gasteiger partial charge in [-0.15, -0.1) is 0 Å². The molecule has 0 fully saturated rings. The van der Waals surface area contributed by atoms with Gasteiger partial charge in [0.2, 0.25) is 17.7 Å². The molecule has 2 atom stereocenters. The molecule has 2 aromatic rings. The highest BCUT2D eigenvalue weighted by Gasteiger charge is 2.30. The molecule has 41 heavy (non-hydrogen) atoms. The van der Waals surface area contributed by atoms with Crippen molar-refractivity contribution >= 4 is 23.6 Å². The summed E-state index contributed by atoms with van der Waals surface area (Å²) in [7, 11) is 1.65. The number of nitrogens with one attached hydrogen (secondary N) is 3. The van der Waals surface area contributed by atoms with Crippen molar-refractivity contribution < 1.29 is 28.7 Å². The number of likely N-dealkylation sites (N-methyl/N-ethyl adjacent to an activating group) is 1. The van der Waals surface area contributed by atoms with Gasteiger partial charge in [-0.05, 0) is 42.0 Å². The molecule has 222 valence electrons. The quantitative estimate of drug-likeness (QED) is 0.422. The van der Waals surface area contributed by atoms with Gasteiger partial charge in [0.05, 0.1) is 25.1 Å². The Morgan fingerprint density at radius 1 is 1.05 bits per heavy atom. The van der Waals surface area contributed by atoms with E-state index in [1.165, 1.54) is 4.90 Å².